The highest BCUT2D eigenvalue weighted by atomic mass is 16.5. The monoisotopic (exact) mass is 649 g/mol. The molecule has 9 heteroatoms. The second kappa shape index (κ2) is 11.3. The summed E-state index contributed by atoms with van der Waals surface area (Å²) in [4.78, 5) is 30.6. The lowest BCUT2D eigenvalue weighted by molar-refractivity contribution is -0.237. The van der Waals surface area contributed by atoms with E-state index < -0.39 is 28.1 Å². The molecule has 0 radical (unpaired) electrons. The minimum Gasteiger partial charge on any atom is -0.458 e. The van der Waals surface area contributed by atoms with Crippen LogP contribution in [0.25, 0.3) is 22.2 Å². The van der Waals surface area contributed by atoms with E-state index in [9.17, 15) is 24.9 Å². The number of nitrogens with zero attached hydrogens (tertiary/aromatic N) is 2. The number of carbonyl (C=O) groups excluding carboxylic acids is 2. The number of fused-ring (bicyclic) bond motifs is 6. The maximum absolute atomic E-state index is 13.8. The van der Waals surface area contributed by atoms with Gasteiger partial charge in [0, 0.05) is 40.5 Å². The first kappa shape index (κ1) is 31.4. The first-order valence-electron chi connectivity index (χ1n) is 17.4. The fourth-order valence-electron chi connectivity index (χ4n) is 10.7. The first-order chi connectivity index (χ1) is 23.1. The van der Waals surface area contributed by atoms with Crippen LogP contribution < -0.4 is 5.43 Å². The Labute approximate surface area is 280 Å². The molecule has 0 saturated heterocycles. The van der Waals surface area contributed by atoms with Gasteiger partial charge in [-0.1, -0.05) is 55.5 Å². The number of hydrazone groups is 1. The number of aromatic nitrogens is 1. The smallest absolute Gasteiger partial charge is 0.331 e. The summed E-state index contributed by atoms with van der Waals surface area (Å²) in [6.07, 6.45) is 7.93. The highest BCUT2D eigenvalue weighted by molar-refractivity contribution is 6.07. The van der Waals surface area contributed by atoms with Crippen molar-refractivity contribution in [2.24, 2.45) is 33.7 Å². The normalized spacial score (nSPS) is 37.4. The van der Waals surface area contributed by atoms with Crippen LogP contribution in [0.2, 0.25) is 0 Å². The predicted octanol–water partition coefficient (Wildman–Crippen LogP) is 5.33. The molecule has 1 aromatic heterocycles. The van der Waals surface area contributed by atoms with Gasteiger partial charge in [0.25, 0.3) is 5.91 Å². The quantitative estimate of drug-likeness (QED) is 0.166. The number of cyclic esters (lactones) is 1. The van der Waals surface area contributed by atoms with Crippen LogP contribution in [0, 0.1) is 28.6 Å². The Hall–Kier alpha value is -3.92. The second-order valence-electron chi connectivity index (χ2n) is 15.2. The maximum atomic E-state index is 13.8. The zero-order valence-electron chi connectivity index (χ0n) is 27.3. The number of hydrogen-bond donors (Lipinski definition) is 4. The molecule has 1 amide bonds. The molecule has 9 nitrogen and oxygen atoms in total. The largest absolute Gasteiger partial charge is 0.458 e. The minimum atomic E-state index is -1.22. The van der Waals surface area contributed by atoms with Crippen molar-refractivity contribution in [3.63, 3.8) is 0 Å². The van der Waals surface area contributed by atoms with Crippen LogP contribution in [0.5, 0.6) is 0 Å². The van der Waals surface area contributed by atoms with E-state index in [4.69, 9.17) is 9.72 Å². The molecule has 8 atom stereocenters. The number of aliphatic hydroxyl groups is 3. The van der Waals surface area contributed by atoms with Gasteiger partial charge in [0.05, 0.1) is 34.1 Å². The van der Waals surface area contributed by atoms with E-state index >= 15 is 0 Å². The summed E-state index contributed by atoms with van der Waals surface area (Å²) >= 11 is 0. The maximum Gasteiger partial charge on any atom is 0.331 e. The average molecular weight is 650 g/mol. The van der Waals surface area contributed by atoms with Crippen molar-refractivity contribution in [2.75, 3.05) is 6.61 Å². The van der Waals surface area contributed by atoms with Crippen molar-refractivity contribution in [3.05, 3.63) is 77.9 Å². The standard InChI is InChI=1S/C39H43N3O6/c1-36-15-12-30-31(39(36,47)18-14-29(36)25-19-34(44)48-22-25)13-17-38(46)21-26(43)11-16-37(30,38)23-40-42-35(45)28-20-33(24-7-3-2-4-8-24)41-32-10-6-5-9-27(28)32/h2-10,19-20,23,26,29-31,43,46-47H,11-18,21-22H2,1H3,(H,42,45)/b40-23-/t26-,29-,30+,31-,36-,37+,38+,39+/m1/s1. The SMILES string of the molecule is C[C@]12CC[C@H]3[C@@H](CC[C@]4(O)C[C@H](O)CC[C@]34/C=N\NC(=O)c3cc(-c4ccccc4)nc4ccccc34)[C@@]1(O)CC[C@@H]2C1=CC(=O)OC1. The van der Waals surface area contributed by atoms with Gasteiger partial charge in [-0.3, -0.25) is 4.79 Å². The van der Waals surface area contributed by atoms with E-state index in [1.54, 1.807) is 18.4 Å². The number of hydrogen-bond acceptors (Lipinski definition) is 8. The Balaban J connectivity index is 1.12. The van der Waals surface area contributed by atoms with Crippen LogP contribution in [-0.4, -0.2) is 62.3 Å². The van der Waals surface area contributed by atoms with Crippen LogP contribution in [0.3, 0.4) is 0 Å². The summed E-state index contributed by atoms with van der Waals surface area (Å²) in [5, 5.41) is 41.1. The molecule has 4 aliphatic carbocycles. The Kier molecular flexibility index (Phi) is 7.40. The third kappa shape index (κ3) is 4.61. The molecule has 4 fully saturated rings. The lowest BCUT2D eigenvalue weighted by Crippen LogP contribution is -2.68. The fraction of sp³-hybridized carbons (Fsp3) is 0.487. The van der Waals surface area contributed by atoms with Crippen LogP contribution in [-0.2, 0) is 9.53 Å². The number of amides is 1. The molecule has 4 N–H and O–H groups in total. The molecule has 0 bridgehead atoms. The Morgan fingerprint density at radius 3 is 2.54 bits per heavy atom. The number of aliphatic hydroxyl groups excluding tert-OH is 1. The lowest BCUT2D eigenvalue weighted by atomic mass is 9.41. The van der Waals surface area contributed by atoms with Gasteiger partial charge in [-0.15, -0.1) is 0 Å². The van der Waals surface area contributed by atoms with Crippen molar-refractivity contribution in [1.82, 2.24) is 10.4 Å². The number of para-hydroxylation sites is 1. The van der Waals surface area contributed by atoms with E-state index in [0.717, 1.165) is 30.4 Å². The molecule has 8 rings (SSSR count). The molecule has 48 heavy (non-hydrogen) atoms. The molecule has 250 valence electrons. The van der Waals surface area contributed by atoms with Gasteiger partial charge in [-0.2, -0.15) is 5.10 Å². The van der Waals surface area contributed by atoms with Gasteiger partial charge in [0.2, 0.25) is 0 Å². The van der Waals surface area contributed by atoms with E-state index in [1.165, 1.54) is 0 Å². The number of rotatable bonds is 5. The third-order valence-electron chi connectivity index (χ3n) is 13.1. The molecular formula is C39H43N3O6. The van der Waals surface area contributed by atoms with Gasteiger partial charge in [0.1, 0.15) is 6.61 Å². The van der Waals surface area contributed by atoms with Gasteiger partial charge < -0.3 is 20.1 Å². The van der Waals surface area contributed by atoms with Gasteiger partial charge in [0.15, 0.2) is 0 Å². The van der Waals surface area contributed by atoms with Crippen molar-refractivity contribution in [3.8, 4) is 11.3 Å². The van der Waals surface area contributed by atoms with Crippen molar-refractivity contribution in [2.45, 2.75) is 82.0 Å². The number of ether oxygens (including phenoxy) is 1. The molecule has 1 aliphatic heterocycles. The third-order valence-corrected chi connectivity index (χ3v) is 13.1. The number of nitrogens with one attached hydrogen (secondary N) is 1. The molecule has 0 spiro atoms. The summed E-state index contributed by atoms with van der Waals surface area (Å²) in [6, 6.07) is 19.1. The van der Waals surface area contributed by atoms with Crippen LogP contribution in [0.15, 0.2) is 77.4 Å². The van der Waals surface area contributed by atoms with E-state index in [-0.39, 0.29) is 42.7 Å². The number of esters is 1. The topological polar surface area (TPSA) is 141 Å². The van der Waals surface area contributed by atoms with Crippen LogP contribution in [0.4, 0.5) is 0 Å². The van der Waals surface area contributed by atoms with Crippen LogP contribution >= 0.6 is 0 Å². The highest BCUT2D eigenvalue weighted by Gasteiger charge is 2.71. The molecule has 2 aromatic carbocycles. The van der Waals surface area contributed by atoms with Gasteiger partial charge in [-0.05, 0) is 86.8 Å². The summed E-state index contributed by atoms with van der Waals surface area (Å²) in [5.41, 5.74) is 3.04. The number of benzene rings is 2. The zero-order chi connectivity index (χ0) is 33.3. The van der Waals surface area contributed by atoms with Crippen molar-refractivity contribution < 1.29 is 29.6 Å². The Morgan fingerprint density at radius 1 is 0.979 bits per heavy atom. The van der Waals surface area contributed by atoms with Crippen molar-refractivity contribution >= 4 is 29.0 Å². The molecule has 2 heterocycles. The Morgan fingerprint density at radius 2 is 1.75 bits per heavy atom. The average Bonchev–Trinajstić information content (AvgIpc) is 3.63. The minimum absolute atomic E-state index is 0.0590. The van der Waals surface area contributed by atoms with Crippen LogP contribution in [0.1, 0.15) is 75.1 Å². The number of carbonyl (C=O) groups is 2. The summed E-state index contributed by atoms with van der Waals surface area (Å²) < 4.78 is 5.28. The summed E-state index contributed by atoms with van der Waals surface area (Å²) in [7, 11) is 0. The predicted molar refractivity (Wildman–Crippen MR) is 181 cm³/mol. The zero-order valence-corrected chi connectivity index (χ0v) is 27.3. The second-order valence-corrected chi connectivity index (χ2v) is 15.2. The molecular weight excluding hydrogens is 606 g/mol. The first-order valence-corrected chi connectivity index (χ1v) is 17.4. The highest BCUT2D eigenvalue weighted by Crippen LogP contribution is 2.70. The van der Waals surface area contributed by atoms with E-state index in [0.29, 0.717) is 54.3 Å². The fourth-order valence-corrected chi connectivity index (χ4v) is 10.7. The van der Waals surface area contributed by atoms with Gasteiger partial charge in [-0.25, -0.2) is 15.2 Å². The molecule has 3 aromatic rings. The van der Waals surface area contributed by atoms with Crippen molar-refractivity contribution in [1.29, 1.82) is 0 Å². The van der Waals surface area contributed by atoms with E-state index in [1.807, 2.05) is 54.6 Å². The molecule has 0 unspecified atom stereocenters. The summed E-state index contributed by atoms with van der Waals surface area (Å²) in [6.45, 7) is 2.45. The number of pyridine rings is 1. The van der Waals surface area contributed by atoms with Gasteiger partial charge >= 0.3 is 5.97 Å². The molecule has 5 aliphatic rings. The lowest BCUT2D eigenvalue weighted by Gasteiger charge is -2.65. The Bertz CT molecular complexity index is 1840. The molecule has 4 saturated carbocycles. The summed E-state index contributed by atoms with van der Waals surface area (Å²) in [5.74, 6) is -0.822. The van der Waals surface area contributed by atoms with E-state index in [2.05, 4.69) is 17.5 Å².